The SMILES string of the molecule is CNCC1CCCN(Cc2ccc(OC(F)(F)F)c(Br)c2)C1. The zero-order valence-electron chi connectivity index (χ0n) is 12.4. The molecule has 1 fully saturated rings. The largest absolute Gasteiger partial charge is 0.573 e. The lowest BCUT2D eigenvalue weighted by atomic mass is 9.97. The molecule has 0 bridgehead atoms. The first-order valence-electron chi connectivity index (χ1n) is 7.28. The number of piperidine rings is 1. The highest BCUT2D eigenvalue weighted by Crippen LogP contribution is 2.31. The van der Waals surface area contributed by atoms with E-state index in [-0.39, 0.29) is 5.75 Å². The number of benzene rings is 1. The topological polar surface area (TPSA) is 24.5 Å². The Kier molecular flexibility index (Phi) is 6.11. The maximum Gasteiger partial charge on any atom is 0.573 e. The van der Waals surface area contributed by atoms with Gasteiger partial charge in [0.1, 0.15) is 5.75 Å². The minimum Gasteiger partial charge on any atom is -0.405 e. The van der Waals surface area contributed by atoms with Crippen LogP contribution in [0.3, 0.4) is 0 Å². The predicted molar refractivity (Wildman–Crippen MR) is 82.8 cm³/mol. The lowest BCUT2D eigenvalue weighted by molar-refractivity contribution is -0.274. The van der Waals surface area contributed by atoms with Gasteiger partial charge in [0.2, 0.25) is 0 Å². The molecule has 0 saturated carbocycles. The van der Waals surface area contributed by atoms with Crippen LogP contribution < -0.4 is 10.1 Å². The lowest BCUT2D eigenvalue weighted by Gasteiger charge is -2.32. The van der Waals surface area contributed by atoms with Gasteiger partial charge in [0.25, 0.3) is 0 Å². The molecule has 0 amide bonds. The van der Waals surface area contributed by atoms with Gasteiger partial charge in [-0.15, -0.1) is 13.2 Å². The fraction of sp³-hybridized carbons (Fsp3) is 0.600. The Bertz CT molecular complexity index is 494. The third-order valence-corrected chi connectivity index (χ3v) is 4.34. The van der Waals surface area contributed by atoms with Crippen molar-refractivity contribution in [3.05, 3.63) is 28.2 Å². The third kappa shape index (κ3) is 5.44. The van der Waals surface area contributed by atoms with Crippen molar-refractivity contribution in [2.45, 2.75) is 25.7 Å². The van der Waals surface area contributed by atoms with Crippen molar-refractivity contribution in [2.75, 3.05) is 26.7 Å². The average Bonchev–Trinajstić information content (AvgIpc) is 2.41. The summed E-state index contributed by atoms with van der Waals surface area (Å²) in [5.41, 5.74) is 0.978. The number of alkyl halides is 3. The van der Waals surface area contributed by atoms with E-state index < -0.39 is 6.36 Å². The fourth-order valence-electron chi connectivity index (χ4n) is 2.86. The average molecular weight is 381 g/mol. The molecule has 1 unspecified atom stereocenters. The van der Waals surface area contributed by atoms with Crippen molar-refractivity contribution in [1.82, 2.24) is 10.2 Å². The second-order valence-electron chi connectivity index (χ2n) is 5.61. The summed E-state index contributed by atoms with van der Waals surface area (Å²) >= 11 is 3.15. The van der Waals surface area contributed by atoms with Crippen molar-refractivity contribution < 1.29 is 17.9 Å². The van der Waals surface area contributed by atoms with Crippen LogP contribution in [-0.4, -0.2) is 37.9 Å². The zero-order valence-corrected chi connectivity index (χ0v) is 14.0. The smallest absolute Gasteiger partial charge is 0.405 e. The summed E-state index contributed by atoms with van der Waals surface area (Å²) in [6.45, 7) is 3.78. The molecule has 0 radical (unpaired) electrons. The van der Waals surface area contributed by atoms with Crippen LogP contribution in [0.4, 0.5) is 13.2 Å². The molecule has 1 aromatic carbocycles. The number of nitrogens with zero attached hydrogens (tertiary/aromatic N) is 1. The van der Waals surface area contributed by atoms with Crippen molar-refractivity contribution in [2.24, 2.45) is 5.92 Å². The molecule has 124 valence electrons. The molecule has 1 heterocycles. The van der Waals surface area contributed by atoms with E-state index >= 15 is 0 Å². The lowest BCUT2D eigenvalue weighted by Crippen LogP contribution is -2.38. The summed E-state index contributed by atoms with van der Waals surface area (Å²) in [4.78, 5) is 2.34. The molecule has 2 rings (SSSR count). The van der Waals surface area contributed by atoms with Crippen LogP contribution >= 0.6 is 15.9 Å². The number of rotatable bonds is 5. The summed E-state index contributed by atoms with van der Waals surface area (Å²) < 4.78 is 41.0. The third-order valence-electron chi connectivity index (χ3n) is 3.72. The van der Waals surface area contributed by atoms with Crippen LogP contribution in [0, 0.1) is 5.92 Å². The quantitative estimate of drug-likeness (QED) is 0.840. The standard InChI is InChI=1S/C15H20BrF3N2O/c1-20-8-12-3-2-6-21(10-12)9-11-4-5-14(13(16)7-11)22-15(17,18)19/h4-5,7,12,20H,2-3,6,8-10H2,1H3. The van der Waals surface area contributed by atoms with Gasteiger partial charge < -0.3 is 10.1 Å². The van der Waals surface area contributed by atoms with Gasteiger partial charge >= 0.3 is 6.36 Å². The minimum absolute atomic E-state index is 0.206. The molecular formula is C15H20BrF3N2O. The van der Waals surface area contributed by atoms with Crippen LogP contribution in [0.25, 0.3) is 0 Å². The molecule has 1 aromatic rings. The zero-order chi connectivity index (χ0) is 16.2. The molecule has 0 aromatic heterocycles. The number of ether oxygens (including phenoxy) is 1. The predicted octanol–water partition coefficient (Wildman–Crippen LogP) is 3.78. The molecule has 1 N–H and O–H groups in total. The molecule has 0 aliphatic carbocycles. The Morgan fingerprint density at radius 3 is 2.82 bits per heavy atom. The molecular weight excluding hydrogens is 361 g/mol. The Hall–Kier alpha value is -0.790. The van der Waals surface area contributed by atoms with Crippen molar-refractivity contribution in [1.29, 1.82) is 0 Å². The summed E-state index contributed by atoms with van der Waals surface area (Å²) in [5, 5.41) is 3.20. The van der Waals surface area contributed by atoms with Crippen molar-refractivity contribution in [3.8, 4) is 5.75 Å². The van der Waals surface area contributed by atoms with E-state index in [9.17, 15) is 13.2 Å². The van der Waals surface area contributed by atoms with E-state index in [0.29, 0.717) is 10.4 Å². The number of hydrogen-bond donors (Lipinski definition) is 1. The first-order valence-corrected chi connectivity index (χ1v) is 8.08. The molecule has 1 atom stereocenters. The highest BCUT2D eigenvalue weighted by molar-refractivity contribution is 9.10. The highest BCUT2D eigenvalue weighted by atomic mass is 79.9. The van der Waals surface area contributed by atoms with E-state index in [1.54, 1.807) is 12.1 Å². The second-order valence-corrected chi connectivity index (χ2v) is 6.47. The van der Waals surface area contributed by atoms with Crippen LogP contribution in [-0.2, 0) is 6.54 Å². The number of hydrogen-bond acceptors (Lipinski definition) is 3. The molecule has 3 nitrogen and oxygen atoms in total. The molecule has 0 spiro atoms. The van der Waals surface area contributed by atoms with Gasteiger partial charge in [-0.25, -0.2) is 0 Å². The summed E-state index contributed by atoms with van der Waals surface area (Å²) in [7, 11) is 1.95. The summed E-state index contributed by atoms with van der Waals surface area (Å²) in [6.07, 6.45) is -2.29. The second kappa shape index (κ2) is 7.66. The van der Waals surface area contributed by atoms with E-state index in [2.05, 4.69) is 30.9 Å². The summed E-state index contributed by atoms with van der Waals surface area (Å²) in [5.74, 6) is 0.429. The van der Waals surface area contributed by atoms with Gasteiger partial charge in [-0.3, -0.25) is 4.90 Å². The van der Waals surface area contributed by atoms with Gasteiger partial charge in [0, 0.05) is 13.1 Å². The van der Waals surface area contributed by atoms with Gasteiger partial charge in [-0.05, 0) is 72.5 Å². The first kappa shape index (κ1) is 17.6. The maximum atomic E-state index is 12.3. The molecule has 1 saturated heterocycles. The number of likely N-dealkylation sites (tertiary alicyclic amines) is 1. The van der Waals surface area contributed by atoms with E-state index in [1.807, 2.05) is 7.05 Å². The molecule has 1 aliphatic rings. The van der Waals surface area contributed by atoms with Gasteiger partial charge in [-0.2, -0.15) is 0 Å². The van der Waals surface area contributed by atoms with Gasteiger partial charge in [-0.1, -0.05) is 6.07 Å². The van der Waals surface area contributed by atoms with Gasteiger partial charge in [0.05, 0.1) is 4.47 Å². The van der Waals surface area contributed by atoms with E-state index in [1.165, 1.54) is 12.5 Å². The molecule has 22 heavy (non-hydrogen) atoms. The normalized spacial score (nSPS) is 20.1. The minimum atomic E-state index is -4.67. The Labute approximate surface area is 136 Å². The number of nitrogens with one attached hydrogen (secondary N) is 1. The van der Waals surface area contributed by atoms with Gasteiger partial charge in [0.15, 0.2) is 0 Å². The van der Waals surface area contributed by atoms with Crippen LogP contribution in [0.1, 0.15) is 18.4 Å². The van der Waals surface area contributed by atoms with Crippen LogP contribution in [0.2, 0.25) is 0 Å². The Balaban J connectivity index is 1.97. The van der Waals surface area contributed by atoms with Crippen LogP contribution in [0.5, 0.6) is 5.75 Å². The highest BCUT2D eigenvalue weighted by Gasteiger charge is 2.32. The monoisotopic (exact) mass is 380 g/mol. The van der Waals surface area contributed by atoms with Crippen LogP contribution in [0.15, 0.2) is 22.7 Å². The maximum absolute atomic E-state index is 12.3. The number of halogens is 4. The molecule has 7 heteroatoms. The van der Waals surface area contributed by atoms with Crippen molar-refractivity contribution in [3.63, 3.8) is 0 Å². The molecule has 1 aliphatic heterocycles. The Morgan fingerprint density at radius 2 is 2.18 bits per heavy atom. The van der Waals surface area contributed by atoms with Crippen molar-refractivity contribution >= 4 is 15.9 Å². The van der Waals surface area contributed by atoms with E-state index in [4.69, 9.17) is 0 Å². The fourth-order valence-corrected chi connectivity index (χ4v) is 3.37. The first-order chi connectivity index (χ1) is 10.4. The summed E-state index contributed by atoms with van der Waals surface area (Å²) in [6, 6.07) is 4.75. The van der Waals surface area contributed by atoms with E-state index in [0.717, 1.165) is 38.2 Å². The Morgan fingerprint density at radius 1 is 1.41 bits per heavy atom.